The van der Waals surface area contributed by atoms with E-state index in [4.69, 9.17) is 5.73 Å². The zero-order valence-electron chi connectivity index (χ0n) is 11.9. The van der Waals surface area contributed by atoms with Gasteiger partial charge in [0.2, 0.25) is 10.0 Å². The Kier molecular flexibility index (Phi) is 4.09. The smallest absolute Gasteiger partial charge is 0.242 e. The molecule has 0 radical (unpaired) electrons. The van der Waals surface area contributed by atoms with E-state index in [-0.39, 0.29) is 17.1 Å². The third kappa shape index (κ3) is 3.13. The third-order valence-corrected chi connectivity index (χ3v) is 5.50. The number of rotatable bonds is 4. The van der Waals surface area contributed by atoms with Crippen molar-refractivity contribution in [2.45, 2.75) is 50.0 Å². The number of nitrogens with two attached hydrogens (primary N) is 1. The molecule has 0 atom stereocenters. The molecule has 20 heavy (non-hydrogen) atoms. The molecule has 1 fully saturated rings. The van der Waals surface area contributed by atoms with Crippen molar-refractivity contribution in [1.29, 1.82) is 0 Å². The summed E-state index contributed by atoms with van der Waals surface area (Å²) in [5.41, 5.74) is 6.96. The molecule has 0 saturated heterocycles. The lowest BCUT2D eigenvalue weighted by Gasteiger charge is -2.22. The third-order valence-electron chi connectivity index (χ3n) is 4.04. The van der Waals surface area contributed by atoms with Gasteiger partial charge in [0.25, 0.3) is 0 Å². The molecule has 1 aliphatic rings. The minimum Gasteiger partial charge on any atom is -0.398 e. The molecule has 0 amide bonds. The fourth-order valence-electron chi connectivity index (χ4n) is 2.56. The van der Waals surface area contributed by atoms with Crippen LogP contribution in [0.4, 0.5) is 5.69 Å². The molecule has 1 aromatic carbocycles. The van der Waals surface area contributed by atoms with Gasteiger partial charge in [0.15, 0.2) is 0 Å². The van der Waals surface area contributed by atoms with Crippen LogP contribution < -0.4 is 10.5 Å². The second kappa shape index (κ2) is 5.35. The number of benzene rings is 1. The molecule has 5 nitrogen and oxygen atoms in total. The first-order valence-corrected chi connectivity index (χ1v) is 8.31. The van der Waals surface area contributed by atoms with Gasteiger partial charge in [0.1, 0.15) is 4.90 Å². The standard InChI is InChI=1S/C14H22N2O3S/c1-10-7-12(15)13(8-11(10)2)20(18,19)16-9-14(17)5-3-4-6-14/h7-8,16-17H,3-6,9,15H2,1-2H3. The van der Waals surface area contributed by atoms with Crippen LogP contribution in [0.2, 0.25) is 0 Å². The highest BCUT2D eigenvalue weighted by molar-refractivity contribution is 7.89. The topological polar surface area (TPSA) is 92.4 Å². The summed E-state index contributed by atoms with van der Waals surface area (Å²) in [5.74, 6) is 0. The number of anilines is 1. The molecule has 4 N–H and O–H groups in total. The van der Waals surface area contributed by atoms with Crippen molar-refractivity contribution < 1.29 is 13.5 Å². The van der Waals surface area contributed by atoms with Crippen molar-refractivity contribution in [1.82, 2.24) is 4.72 Å². The Labute approximate surface area is 120 Å². The molecule has 2 rings (SSSR count). The molecular formula is C14H22N2O3S. The number of aryl methyl sites for hydroxylation is 2. The highest BCUT2D eigenvalue weighted by Gasteiger charge is 2.32. The van der Waals surface area contributed by atoms with Crippen LogP contribution in [-0.4, -0.2) is 25.7 Å². The average Bonchev–Trinajstić information content (AvgIpc) is 2.79. The summed E-state index contributed by atoms with van der Waals surface area (Å²) in [5, 5.41) is 10.2. The van der Waals surface area contributed by atoms with E-state index in [0.717, 1.165) is 24.0 Å². The van der Waals surface area contributed by atoms with Crippen molar-refractivity contribution in [2.24, 2.45) is 0 Å². The van der Waals surface area contributed by atoms with Gasteiger partial charge in [-0.2, -0.15) is 0 Å². The summed E-state index contributed by atoms with van der Waals surface area (Å²) in [7, 11) is -3.69. The minimum atomic E-state index is -3.69. The van der Waals surface area contributed by atoms with Gasteiger partial charge in [-0.05, 0) is 49.9 Å². The Bertz CT molecular complexity index is 605. The van der Waals surface area contributed by atoms with E-state index in [2.05, 4.69) is 4.72 Å². The van der Waals surface area contributed by atoms with Crippen LogP contribution in [0.15, 0.2) is 17.0 Å². The lowest BCUT2D eigenvalue weighted by atomic mass is 10.0. The largest absolute Gasteiger partial charge is 0.398 e. The molecule has 0 unspecified atom stereocenters. The quantitative estimate of drug-likeness (QED) is 0.734. The van der Waals surface area contributed by atoms with Crippen molar-refractivity contribution in [3.05, 3.63) is 23.3 Å². The van der Waals surface area contributed by atoms with Gasteiger partial charge in [-0.3, -0.25) is 0 Å². The fraction of sp³-hybridized carbons (Fsp3) is 0.571. The minimum absolute atomic E-state index is 0.0434. The lowest BCUT2D eigenvalue weighted by Crippen LogP contribution is -2.40. The molecule has 112 valence electrons. The molecule has 0 aromatic heterocycles. The summed E-state index contributed by atoms with van der Waals surface area (Å²) < 4.78 is 27.1. The molecule has 0 bridgehead atoms. The summed E-state index contributed by atoms with van der Waals surface area (Å²) in [6, 6.07) is 3.24. The maximum Gasteiger partial charge on any atom is 0.242 e. The van der Waals surface area contributed by atoms with Crippen LogP contribution in [-0.2, 0) is 10.0 Å². The number of aliphatic hydroxyl groups is 1. The van der Waals surface area contributed by atoms with Gasteiger partial charge in [0.05, 0.1) is 11.3 Å². The van der Waals surface area contributed by atoms with Crippen LogP contribution >= 0.6 is 0 Å². The van der Waals surface area contributed by atoms with E-state index in [1.54, 1.807) is 12.1 Å². The molecule has 1 aromatic rings. The van der Waals surface area contributed by atoms with Crippen LogP contribution in [0.3, 0.4) is 0 Å². The molecular weight excluding hydrogens is 276 g/mol. The SMILES string of the molecule is Cc1cc(N)c(S(=O)(=O)NCC2(O)CCCC2)cc1C. The zero-order chi connectivity index (χ0) is 15.0. The number of nitrogen functional groups attached to an aromatic ring is 1. The Morgan fingerprint density at radius 2 is 1.80 bits per heavy atom. The first kappa shape index (κ1) is 15.3. The van der Waals surface area contributed by atoms with Crippen LogP contribution in [0.1, 0.15) is 36.8 Å². The Hall–Kier alpha value is -1.11. The highest BCUT2D eigenvalue weighted by Crippen LogP contribution is 2.29. The summed E-state index contributed by atoms with van der Waals surface area (Å²) in [6.45, 7) is 3.77. The van der Waals surface area contributed by atoms with E-state index < -0.39 is 15.6 Å². The number of nitrogens with one attached hydrogen (secondary N) is 1. The fourth-order valence-corrected chi connectivity index (χ4v) is 3.88. The Balaban J connectivity index is 2.20. The van der Waals surface area contributed by atoms with E-state index in [0.29, 0.717) is 12.8 Å². The summed E-state index contributed by atoms with van der Waals surface area (Å²) >= 11 is 0. The van der Waals surface area contributed by atoms with Crippen LogP contribution in [0.25, 0.3) is 0 Å². The van der Waals surface area contributed by atoms with Gasteiger partial charge in [-0.15, -0.1) is 0 Å². The van der Waals surface area contributed by atoms with Crippen molar-refractivity contribution in [3.63, 3.8) is 0 Å². The van der Waals surface area contributed by atoms with E-state index >= 15 is 0 Å². The van der Waals surface area contributed by atoms with Gasteiger partial charge >= 0.3 is 0 Å². The first-order chi connectivity index (χ1) is 9.23. The van der Waals surface area contributed by atoms with Crippen molar-refractivity contribution >= 4 is 15.7 Å². The summed E-state index contributed by atoms with van der Waals surface area (Å²) in [4.78, 5) is 0.0854. The molecule has 0 spiro atoms. The number of hydrogen-bond donors (Lipinski definition) is 3. The molecule has 1 saturated carbocycles. The average molecular weight is 298 g/mol. The Morgan fingerprint density at radius 1 is 1.25 bits per heavy atom. The van der Waals surface area contributed by atoms with Crippen LogP contribution in [0, 0.1) is 13.8 Å². The predicted octanol–water partition coefficient (Wildman–Crippen LogP) is 1.47. The second-order valence-electron chi connectivity index (χ2n) is 5.73. The Morgan fingerprint density at radius 3 is 2.40 bits per heavy atom. The maximum absolute atomic E-state index is 12.3. The highest BCUT2D eigenvalue weighted by atomic mass is 32.2. The normalized spacial score (nSPS) is 18.4. The molecule has 6 heteroatoms. The van der Waals surface area contributed by atoms with Gasteiger partial charge in [-0.1, -0.05) is 12.8 Å². The van der Waals surface area contributed by atoms with E-state index in [9.17, 15) is 13.5 Å². The number of hydrogen-bond acceptors (Lipinski definition) is 4. The van der Waals surface area contributed by atoms with E-state index in [1.807, 2.05) is 13.8 Å². The first-order valence-electron chi connectivity index (χ1n) is 6.82. The second-order valence-corrected chi connectivity index (χ2v) is 7.47. The predicted molar refractivity (Wildman–Crippen MR) is 78.9 cm³/mol. The van der Waals surface area contributed by atoms with Gasteiger partial charge in [0, 0.05) is 6.54 Å². The molecule has 0 heterocycles. The van der Waals surface area contributed by atoms with Crippen LogP contribution in [0.5, 0.6) is 0 Å². The van der Waals surface area contributed by atoms with Crippen molar-refractivity contribution in [3.8, 4) is 0 Å². The molecule has 1 aliphatic carbocycles. The van der Waals surface area contributed by atoms with Crippen molar-refractivity contribution in [2.75, 3.05) is 12.3 Å². The van der Waals surface area contributed by atoms with Gasteiger partial charge < -0.3 is 10.8 Å². The van der Waals surface area contributed by atoms with Gasteiger partial charge in [-0.25, -0.2) is 13.1 Å². The number of sulfonamides is 1. The zero-order valence-corrected chi connectivity index (χ0v) is 12.8. The molecule has 0 aliphatic heterocycles. The van der Waals surface area contributed by atoms with E-state index in [1.165, 1.54) is 0 Å². The monoisotopic (exact) mass is 298 g/mol. The summed E-state index contributed by atoms with van der Waals surface area (Å²) in [6.07, 6.45) is 3.14. The lowest BCUT2D eigenvalue weighted by molar-refractivity contribution is 0.0532. The maximum atomic E-state index is 12.3.